The van der Waals surface area contributed by atoms with Gasteiger partial charge in [-0.1, -0.05) is 6.07 Å². The largest absolute Gasteiger partial charge is 0.467 e. The van der Waals surface area contributed by atoms with Crippen LogP contribution < -0.4 is 0 Å². The summed E-state index contributed by atoms with van der Waals surface area (Å²) in [5.41, 5.74) is 3.60. The third kappa shape index (κ3) is 2.46. The minimum absolute atomic E-state index is 0.265. The molecule has 0 aromatic carbocycles. The van der Waals surface area contributed by atoms with E-state index >= 15 is 0 Å². The van der Waals surface area contributed by atoms with Crippen LogP contribution in [0.25, 0.3) is 5.65 Å². The molecule has 1 N–H and O–H groups in total. The van der Waals surface area contributed by atoms with Crippen LogP contribution in [0.3, 0.4) is 0 Å². The number of amides is 1. The Hall–Kier alpha value is -3.16. The maximum atomic E-state index is 13.1. The number of fused-ring (bicyclic) bond motifs is 2. The van der Waals surface area contributed by atoms with E-state index in [1.807, 2.05) is 25.3 Å². The predicted molar refractivity (Wildman–Crippen MR) is 87.9 cm³/mol. The summed E-state index contributed by atoms with van der Waals surface area (Å²) < 4.78 is 6.69. The molecule has 3 aromatic rings. The fraction of sp³-hybridized carbons (Fsp3) is 0.294. The number of ether oxygens (including phenoxy) is 1. The van der Waals surface area contributed by atoms with Crippen molar-refractivity contribution in [2.45, 2.75) is 25.9 Å². The molecule has 0 fully saturated rings. The van der Waals surface area contributed by atoms with Gasteiger partial charge in [0.2, 0.25) is 0 Å². The van der Waals surface area contributed by atoms with Gasteiger partial charge in [-0.05, 0) is 18.6 Å². The first-order valence-electron chi connectivity index (χ1n) is 7.92. The van der Waals surface area contributed by atoms with Crippen molar-refractivity contribution in [1.29, 1.82) is 0 Å². The average Bonchev–Trinajstić information content (AvgIpc) is 3.26. The quantitative estimate of drug-likeness (QED) is 0.706. The minimum Gasteiger partial charge on any atom is -0.467 e. The molecule has 3 aromatic heterocycles. The number of nitrogens with zero attached hydrogens (tertiary/aromatic N) is 4. The van der Waals surface area contributed by atoms with Crippen molar-refractivity contribution in [3.63, 3.8) is 0 Å². The SMILES string of the molecule is COC(=O)C1Cc2nc[nH]c2CN1C(=O)c1cn2cccc(C)c2n1. The van der Waals surface area contributed by atoms with Crippen LogP contribution in [0.2, 0.25) is 0 Å². The molecule has 4 heterocycles. The van der Waals surface area contributed by atoms with Gasteiger partial charge >= 0.3 is 5.97 Å². The lowest BCUT2D eigenvalue weighted by atomic mass is 10.0. The molecule has 8 heteroatoms. The zero-order valence-corrected chi connectivity index (χ0v) is 13.9. The van der Waals surface area contributed by atoms with E-state index in [2.05, 4.69) is 15.0 Å². The Morgan fingerprint density at radius 3 is 3.00 bits per heavy atom. The number of pyridine rings is 1. The van der Waals surface area contributed by atoms with Crippen LogP contribution in [0.5, 0.6) is 0 Å². The number of aromatic amines is 1. The molecule has 128 valence electrons. The number of H-pyrrole nitrogens is 1. The first-order valence-corrected chi connectivity index (χ1v) is 7.92. The molecule has 25 heavy (non-hydrogen) atoms. The molecule has 0 saturated carbocycles. The first kappa shape index (κ1) is 15.4. The second-order valence-corrected chi connectivity index (χ2v) is 6.05. The van der Waals surface area contributed by atoms with Crippen molar-refractivity contribution < 1.29 is 14.3 Å². The van der Waals surface area contributed by atoms with Crippen LogP contribution in [-0.4, -0.2) is 49.3 Å². The highest BCUT2D eigenvalue weighted by atomic mass is 16.5. The van der Waals surface area contributed by atoms with Crippen molar-refractivity contribution in [2.75, 3.05) is 7.11 Å². The summed E-state index contributed by atoms with van der Waals surface area (Å²) in [5.74, 6) is -0.763. The molecule has 1 unspecified atom stereocenters. The van der Waals surface area contributed by atoms with Gasteiger partial charge in [0.1, 0.15) is 17.4 Å². The normalized spacial score (nSPS) is 16.7. The highest BCUT2D eigenvalue weighted by Gasteiger charge is 2.37. The Balaban J connectivity index is 1.73. The van der Waals surface area contributed by atoms with E-state index in [0.717, 1.165) is 22.6 Å². The fourth-order valence-corrected chi connectivity index (χ4v) is 3.20. The molecule has 1 amide bonds. The number of hydrogen-bond acceptors (Lipinski definition) is 5. The van der Waals surface area contributed by atoms with Gasteiger partial charge in [0.25, 0.3) is 5.91 Å². The van der Waals surface area contributed by atoms with Crippen LogP contribution in [0.1, 0.15) is 27.4 Å². The number of carbonyl (C=O) groups excluding carboxylic acids is 2. The van der Waals surface area contributed by atoms with Gasteiger partial charge in [0.05, 0.1) is 31.4 Å². The molecule has 1 aliphatic rings. The van der Waals surface area contributed by atoms with Gasteiger partial charge < -0.3 is 19.0 Å². The lowest BCUT2D eigenvalue weighted by molar-refractivity contribution is -0.146. The summed E-state index contributed by atoms with van der Waals surface area (Å²) in [4.78, 5) is 38.4. The third-order valence-electron chi connectivity index (χ3n) is 4.53. The van der Waals surface area contributed by atoms with Crippen molar-refractivity contribution in [1.82, 2.24) is 24.3 Å². The topological polar surface area (TPSA) is 92.6 Å². The van der Waals surface area contributed by atoms with E-state index < -0.39 is 12.0 Å². The number of carbonyl (C=O) groups is 2. The zero-order chi connectivity index (χ0) is 17.6. The standard InChI is InChI=1S/C17H17N5O3/c1-10-4-3-5-21-7-13(20-15(10)21)16(23)22-8-12-11(18-9-19-12)6-14(22)17(24)25-2/h3-5,7,9,14H,6,8H2,1-2H3,(H,18,19). The van der Waals surface area contributed by atoms with Crippen LogP contribution in [-0.2, 0) is 22.5 Å². The number of rotatable bonds is 2. The molecule has 4 rings (SSSR count). The van der Waals surface area contributed by atoms with Crippen molar-refractivity contribution in [2.24, 2.45) is 0 Å². The number of nitrogens with one attached hydrogen (secondary N) is 1. The van der Waals surface area contributed by atoms with E-state index in [9.17, 15) is 9.59 Å². The van der Waals surface area contributed by atoms with E-state index in [1.165, 1.54) is 12.0 Å². The van der Waals surface area contributed by atoms with Crippen LogP contribution in [0.4, 0.5) is 0 Å². The van der Waals surface area contributed by atoms with Gasteiger partial charge in [-0.25, -0.2) is 14.8 Å². The fourth-order valence-electron chi connectivity index (χ4n) is 3.20. The van der Waals surface area contributed by atoms with E-state index in [4.69, 9.17) is 4.74 Å². The molecule has 0 bridgehead atoms. The summed E-state index contributed by atoms with van der Waals surface area (Å²) >= 11 is 0. The smallest absolute Gasteiger partial charge is 0.329 e. The number of esters is 1. The van der Waals surface area contributed by atoms with Crippen LogP contribution in [0.15, 0.2) is 30.9 Å². The predicted octanol–water partition coefficient (Wildman–Crippen LogP) is 1.11. The number of hydrogen-bond donors (Lipinski definition) is 1. The lowest BCUT2D eigenvalue weighted by Crippen LogP contribution is -2.49. The van der Waals surface area contributed by atoms with Gasteiger partial charge in [-0.15, -0.1) is 0 Å². The molecule has 0 spiro atoms. The van der Waals surface area contributed by atoms with Crippen molar-refractivity contribution >= 4 is 17.5 Å². The van der Waals surface area contributed by atoms with E-state index in [1.54, 1.807) is 16.9 Å². The number of methoxy groups -OCH3 is 1. The van der Waals surface area contributed by atoms with Crippen molar-refractivity contribution in [3.8, 4) is 0 Å². The Kier molecular flexibility index (Phi) is 3.52. The zero-order valence-electron chi connectivity index (χ0n) is 13.9. The third-order valence-corrected chi connectivity index (χ3v) is 4.53. The van der Waals surface area contributed by atoms with Gasteiger partial charge in [0, 0.05) is 18.8 Å². The van der Waals surface area contributed by atoms with Gasteiger partial charge in [-0.2, -0.15) is 0 Å². The average molecular weight is 339 g/mol. The van der Waals surface area contributed by atoms with E-state index in [-0.39, 0.29) is 12.5 Å². The number of aryl methyl sites for hydroxylation is 1. The molecular weight excluding hydrogens is 322 g/mol. The Morgan fingerprint density at radius 2 is 2.24 bits per heavy atom. The first-order chi connectivity index (χ1) is 12.1. The second-order valence-electron chi connectivity index (χ2n) is 6.05. The van der Waals surface area contributed by atoms with Crippen LogP contribution in [0, 0.1) is 6.92 Å². The number of imidazole rings is 2. The Labute approximate surface area is 143 Å². The highest BCUT2D eigenvalue weighted by molar-refractivity contribution is 5.96. The number of aromatic nitrogens is 4. The molecule has 1 aliphatic heterocycles. The Bertz CT molecular complexity index is 974. The van der Waals surface area contributed by atoms with Gasteiger partial charge in [0.15, 0.2) is 0 Å². The maximum Gasteiger partial charge on any atom is 0.329 e. The lowest BCUT2D eigenvalue weighted by Gasteiger charge is -2.32. The molecule has 0 saturated heterocycles. The summed E-state index contributed by atoms with van der Waals surface area (Å²) in [7, 11) is 1.32. The summed E-state index contributed by atoms with van der Waals surface area (Å²) in [6.07, 6.45) is 5.42. The molecule has 0 radical (unpaired) electrons. The molecular formula is C17H17N5O3. The highest BCUT2D eigenvalue weighted by Crippen LogP contribution is 2.23. The van der Waals surface area contributed by atoms with Gasteiger partial charge in [-0.3, -0.25) is 4.79 Å². The van der Waals surface area contributed by atoms with Crippen molar-refractivity contribution in [3.05, 3.63) is 53.5 Å². The molecule has 0 aliphatic carbocycles. The minimum atomic E-state index is -0.709. The Morgan fingerprint density at radius 1 is 1.40 bits per heavy atom. The molecule has 1 atom stereocenters. The summed E-state index contributed by atoms with van der Waals surface area (Å²) in [6, 6.07) is 3.12. The van der Waals surface area contributed by atoms with E-state index in [0.29, 0.717) is 12.1 Å². The molecule has 8 nitrogen and oxygen atoms in total. The summed E-state index contributed by atoms with van der Waals surface area (Å²) in [6.45, 7) is 2.20. The second kappa shape index (κ2) is 5.73. The summed E-state index contributed by atoms with van der Waals surface area (Å²) in [5, 5.41) is 0. The maximum absolute atomic E-state index is 13.1. The monoisotopic (exact) mass is 339 g/mol. The van der Waals surface area contributed by atoms with Crippen LogP contribution >= 0.6 is 0 Å².